The maximum atomic E-state index is 13.1. The van der Waals surface area contributed by atoms with E-state index in [9.17, 15) is 9.59 Å². The molecule has 7 nitrogen and oxygen atoms in total. The number of benzene rings is 4. The summed E-state index contributed by atoms with van der Waals surface area (Å²) >= 11 is 0. The van der Waals surface area contributed by atoms with E-state index in [1.54, 1.807) is 24.3 Å². The van der Waals surface area contributed by atoms with Gasteiger partial charge in [-0.2, -0.15) is 0 Å². The van der Waals surface area contributed by atoms with Crippen molar-refractivity contribution in [1.29, 1.82) is 0 Å². The van der Waals surface area contributed by atoms with Crippen LogP contribution in [-0.2, 0) is 22.6 Å². The molecular weight excluding hydrogens is 518 g/mol. The van der Waals surface area contributed by atoms with Gasteiger partial charge in [0.1, 0.15) is 43.1 Å². The lowest BCUT2D eigenvalue weighted by atomic mass is 10.0. The Bertz CT molecular complexity index is 1420. The van der Waals surface area contributed by atoms with Gasteiger partial charge in [0.2, 0.25) is 0 Å². The van der Waals surface area contributed by atoms with Crippen LogP contribution in [-0.4, -0.2) is 38.2 Å². The third kappa shape index (κ3) is 8.60. The van der Waals surface area contributed by atoms with Gasteiger partial charge in [-0.05, 0) is 66.4 Å². The minimum Gasteiger partial charge on any atom is -0.490 e. The molecule has 0 bridgehead atoms. The summed E-state index contributed by atoms with van der Waals surface area (Å²) < 4.78 is 22.5. The number of carbonyl (C=O) groups is 2. The molecule has 0 aromatic heterocycles. The number of rotatable bonds is 13. The second-order valence-electron chi connectivity index (χ2n) is 9.62. The number of methoxy groups -OCH3 is 1. The fraction of sp³-hybridized carbons (Fsp3) is 0.235. The van der Waals surface area contributed by atoms with E-state index in [4.69, 9.17) is 18.9 Å². The van der Waals surface area contributed by atoms with E-state index < -0.39 is 17.9 Å². The number of nitrogens with one attached hydrogen (secondary N) is 1. The molecule has 4 rings (SSSR count). The Kier molecular flexibility index (Phi) is 10.4. The number of aryl methyl sites for hydroxylation is 2. The van der Waals surface area contributed by atoms with E-state index in [1.165, 1.54) is 7.11 Å². The van der Waals surface area contributed by atoms with Crippen LogP contribution in [0.3, 0.4) is 0 Å². The third-order valence-corrected chi connectivity index (χ3v) is 6.51. The maximum absolute atomic E-state index is 13.1. The van der Waals surface area contributed by atoms with Crippen LogP contribution in [0.4, 0.5) is 0 Å². The highest BCUT2D eigenvalue weighted by Crippen LogP contribution is 2.22. The van der Waals surface area contributed by atoms with Crippen molar-refractivity contribution in [2.24, 2.45) is 0 Å². The molecule has 0 aliphatic rings. The monoisotopic (exact) mass is 553 g/mol. The SMILES string of the molecule is COC(=O)[C@H](Cc1ccc(OCc2ccccc2)cc1)NC(=O)c1cccc(OCCOc2c(C)cccc2C)c1. The molecule has 0 aliphatic heterocycles. The molecule has 0 fully saturated rings. The predicted octanol–water partition coefficient (Wildman–Crippen LogP) is 5.85. The van der Waals surface area contributed by atoms with Gasteiger partial charge in [-0.1, -0.05) is 66.7 Å². The van der Waals surface area contributed by atoms with Crippen molar-refractivity contribution in [3.63, 3.8) is 0 Å². The second-order valence-corrected chi connectivity index (χ2v) is 9.62. The molecule has 1 N–H and O–H groups in total. The molecule has 1 amide bonds. The van der Waals surface area contributed by atoms with Gasteiger partial charge in [0.15, 0.2) is 0 Å². The second kappa shape index (κ2) is 14.6. The van der Waals surface area contributed by atoms with Gasteiger partial charge in [-0.3, -0.25) is 4.79 Å². The Morgan fingerprint density at radius 2 is 1.39 bits per heavy atom. The van der Waals surface area contributed by atoms with Gasteiger partial charge in [-0.15, -0.1) is 0 Å². The number of amides is 1. The lowest BCUT2D eigenvalue weighted by molar-refractivity contribution is -0.142. The number of hydrogen-bond donors (Lipinski definition) is 1. The number of ether oxygens (including phenoxy) is 4. The van der Waals surface area contributed by atoms with Crippen LogP contribution in [0.2, 0.25) is 0 Å². The summed E-state index contributed by atoms with van der Waals surface area (Å²) in [4.78, 5) is 25.6. The van der Waals surface area contributed by atoms with Crippen molar-refractivity contribution in [1.82, 2.24) is 5.32 Å². The van der Waals surface area contributed by atoms with E-state index in [1.807, 2.05) is 86.6 Å². The highest BCUT2D eigenvalue weighted by atomic mass is 16.5. The molecule has 4 aromatic carbocycles. The molecule has 1 atom stereocenters. The third-order valence-electron chi connectivity index (χ3n) is 6.51. The molecule has 0 spiro atoms. The van der Waals surface area contributed by atoms with Crippen LogP contribution in [0.5, 0.6) is 17.2 Å². The largest absolute Gasteiger partial charge is 0.490 e. The van der Waals surface area contributed by atoms with Crippen molar-refractivity contribution in [3.05, 3.63) is 125 Å². The number of hydrogen-bond acceptors (Lipinski definition) is 6. The molecule has 0 heterocycles. The molecule has 41 heavy (non-hydrogen) atoms. The summed E-state index contributed by atoms with van der Waals surface area (Å²) in [6.07, 6.45) is 0.267. The highest BCUT2D eigenvalue weighted by Gasteiger charge is 2.23. The summed E-state index contributed by atoms with van der Waals surface area (Å²) in [5.74, 6) is 1.17. The lowest BCUT2D eigenvalue weighted by Crippen LogP contribution is -2.43. The molecule has 0 unspecified atom stereocenters. The Labute approximate surface area is 241 Å². The van der Waals surface area contributed by atoms with Crippen LogP contribution in [0.1, 0.15) is 32.6 Å². The van der Waals surface area contributed by atoms with Crippen LogP contribution in [0.25, 0.3) is 0 Å². The number of para-hydroxylation sites is 1. The lowest BCUT2D eigenvalue weighted by Gasteiger charge is -2.17. The quantitative estimate of drug-likeness (QED) is 0.165. The van der Waals surface area contributed by atoms with Crippen LogP contribution in [0.15, 0.2) is 97.1 Å². The molecular formula is C34H35NO6. The van der Waals surface area contributed by atoms with E-state index in [0.717, 1.165) is 28.0 Å². The van der Waals surface area contributed by atoms with E-state index in [-0.39, 0.29) is 6.42 Å². The smallest absolute Gasteiger partial charge is 0.328 e. The summed E-state index contributed by atoms with van der Waals surface area (Å²) in [6, 6.07) is 29.3. The van der Waals surface area contributed by atoms with Crippen molar-refractivity contribution < 1.29 is 28.5 Å². The fourth-order valence-electron chi connectivity index (χ4n) is 4.33. The van der Waals surface area contributed by atoms with Gasteiger partial charge in [0, 0.05) is 12.0 Å². The van der Waals surface area contributed by atoms with Gasteiger partial charge >= 0.3 is 5.97 Å². The standard InChI is InChI=1S/C34H35NO6/c1-24-9-7-10-25(2)32(24)40-20-19-39-30-14-8-13-28(22-30)33(36)35-31(34(37)38-3)21-26-15-17-29(18-16-26)41-23-27-11-5-4-6-12-27/h4-18,22,31H,19-21,23H2,1-3H3,(H,35,36)/t31-/m0/s1. The fourth-order valence-corrected chi connectivity index (χ4v) is 4.33. The summed E-state index contributed by atoms with van der Waals surface area (Å²) in [7, 11) is 1.30. The zero-order chi connectivity index (χ0) is 29.0. The summed E-state index contributed by atoms with van der Waals surface area (Å²) in [5.41, 5.74) is 4.43. The van der Waals surface area contributed by atoms with Crippen molar-refractivity contribution in [2.45, 2.75) is 32.9 Å². The molecule has 0 radical (unpaired) electrons. The Morgan fingerprint density at radius 1 is 0.707 bits per heavy atom. The maximum Gasteiger partial charge on any atom is 0.328 e. The molecule has 0 saturated heterocycles. The molecule has 7 heteroatoms. The predicted molar refractivity (Wildman–Crippen MR) is 158 cm³/mol. The summed E-state index contributed by atoms with van der Waals surface area (Å²) in [5, 5.41) is 2.80. The van der Waals surface area contributed by atoms with E-state index >= 15 is 0 Å². The van der Waals surface area contributed by atoms with Gasteiger partial charge in [0.25, 0.3) is 5.91 Å². The van der Waals surface area contributed by atoms with Crippen molar-refractivity contribution >= 4 is 11.9 Å². The first-order chi connectivity index (χ1) is 19.9. The topological polar surface area (TPSA) is 83.1 Å². The number of carbonyl (C=O) groups excluding carboxylic acids is 2. The number of esters is 1. The van der Waals surface area contributed by atoms with Crippen LogP contribution in [0, 0.1) is 13.8 Å². The van der Waals surface area contributed by atoms with Crippen molar-refractivity contribution in [2.75, 3.05) is 20.3 Å². The normalized spacial score (nSPS) is 11.3. The van der Waals surface area contributed by atoms with Crippen LogP contribution >= 0.6 is 0 Å². The first-order valence-electron chi connectivity index (χ1n) is 13.5. The molecule has 212 valence electrons. The Hall–Kier alpha value is -4.78. The minimum absolute atomic E-state index is 0.267. The summed E-state index contributed by atoms with van der Waals surface area (Å²) in [6.45, 7) is 5.15. The zero-order valence-corrected chi connectivity index (χ0v) is 23.6. The highest BCUT2D eigenvalue weighted by molar-refractivity contribution is 5.97. The van der Waals surface area contributed by atoms with Crippen LogP contribution < -0.4 is 19.5 Å². The first kappa shape index (κ1) is 29.2. The van der Waals surface area contributed by atoms with Crippen molar-refractivity contribution in [3.8, 4) is 17.2 Å². The Morgan fingerprint density at radius 3 is 2.10 bits per heavy atom. The van der Waals surface area contributed by atoms with Gasteiger partial charge in [0.05, 0.1) is 7.11 Å². The Balaban J connectivity index is 1.31. The van der Waals surface area contributed by atoms with E-state index in [2.05, 4.69) is 5.32 Å². The molecule has 0 saturated carbocycles. The minimum atomic E-state index is -0.862. The van der Waals surface area contributed by atoms with Gasteiger partial charge < -0.3 is 24.3 Å². The average molecular weight is 554 g/mol. The first-order valence-corrected chi connectivity index (χ1v) is 13.5. The van der Waals surface area contributed by atoms with Gasteiger partial charge in [-0.25, -0.2) is 4.79 Å². The average Bonchev–Trinajstić information content (AvgIpc) is 3.00. The molecule has 0 aliphatic carbocycles. The van der Waals surface area contributed by atoms with E-state index in [0.29, 0.717) is 36.9 Å². The molecule has 4 aromatic rings. The zero-order valence-electron chi connectivity index (χ0n) is 23.6.